The first-order valence-corrected chi connectivity index (χ1v) is 8.16. The Balaban J connectivity index is 1.45. The molecule has 2 aromatic rings. The van der Waals surface area contributed by atoms with Crippen molar-refractivity contribution in [3.8, 4) is 6.07 Å². The van der Waals surface area contributed by atoms with Gasteiger partial charge in [0.15, 0.2) is 11.5 Å². The Morgan fingerprint density at radius 1 is 1.12 bits per heavy atom. The molecule has 1 aliphatic rings. The highest BCUT2D eigenvalue weighted by Crippen LogP contribution is 2.13. The molecule has 1 saturated heterocycles. The monoisotopic (exact) mass is 337 g/mol. The van der Waals surface area contributed by atoms with Gasteiger partial charge in [0.2, 0.25) is 5.91 Å². The minimum Gasteiger partial charge on any atom is -0.367 e. The van der Waals surface area contributed by atoms with Gasteiger partial charge in [-0.15, -0.1) is 0 Å². The smallest absolute Gasteiger partial charge is 0.224 e. The van der Waals surface area contributed by atoms with Crippen molar-refractivity contribution < 1.29 is 4.79 Å². The number of aromatic nitrogens is 3. The maximum absolute atomic E-state index is 12.3. The number of carbonyl (C=O) groups is 1. The lowest BCUT2D eigenvalue weighted by atomic mass is 10.2. The molecule has 1 fully saturated rings. The number of piperazine rings is 1. The average Bonchev–Trinajstić information content (AvgIpc) is 2.69. The van der Waals surface area contributed by atoms with Crippen LogP contribution in [-0.4, -0.2) is 58.5 Å². The van der Waals surface area contributed by atoms with Crippen molar-refractivity contribution >= 4 is 17.5 Å². The highest BCUT2D eigenvalue weighted by Gasteiger charge is 2.21. The number of anilines is 2. The molecule has 1 N–H and O–H groups in total. The second-order valence-corrected chi connectivity index (χ2v) is 5.60. The number of pyridine rings is 1. The van der Waals surface area contributed by atoms with Crippen molar-refractivity contribution in [2.45, 2.75) is 6.42 Å². The predicted molar refractivity (Wildman–Crippen MR) is 92.9 cm³/mol. The van der Waals surface area contributed by atoms with Crippen molar-refractivity contribution in [1.29, 1.82) is 5.26 Å². The average molecular weight is 337 g/mol. The summed E-state index contributed by atoms with van der Waals surface area (Å²) in [5, 5.41) is 12.0. The molecule has 128 valence electrons. The summed E-state index contributed by atoms with van der Waals surface area (Å²) >= 11 is 0. The van der Waals surface area contributed by atoms with E-state index >= 15 is 0 Å². The van der Waals surface area contributed by atoms with E-state index in [-0.39, 0.29) is 11.6 Å². The molecule has 8 nitrogen and oxygen atoms in total. The SMILES string of the molecule is N#Cc1nccnc1NCCC(=O)N1CCN(c2ccccn2)CC1. The number of hydrogen-bond donors (Lipinski definition) is 1. The Labute approximate surface area is 146 Å². The van der Waals surface area contributed by atoms with Crippen LogP contribution >= 0.6 is 0 Å². The first-order chi connectivity index (χ1) is 12.3. The summed E-state index contributed by atoms with van der Waals surface area (Å²) in [5.74, 6) is 1.45. The molecule has 3 heterocycles. The number of rotatable bonds is 5. The number of amides is 1. The maximum atomic E-state index is 12.3. The standard InChI is InChI=1S/C17H19N7O/c18-13-14-17(22-8-7-19-14)21-6-4-16(25)24-11-9-23(10-12-24)15-3-1-2-5-20-15/h1-3,5,7-8H,4,6,9-12H2,(H,21,22). The van der Waals surface area contributed by atoms with Crippen LogP contribution in [0.25, 0.3) is 0 Å². The Kier molecular flexibility index (Phi) is 5.36. The molecule has 0 bridgehead atoms. The van der Waals surface area contributed by atoms with Crippen LogP contribution < -0.4 is 10.2 Å². The summed E-state index contributed by atoms with van der Waals surface area (Å²) in [6.07, 6.45) is 5.11. The third-order valence-electron chi connectivity index (χ3n) is 4.04. The van der Waals surface area contributed by atoms with Crippen LogP contribution in [0.2, 0.25) is 0 Å². The van der Waals surface area contributed by atoms with Crippen LogP contribution in [0.15, 0.2) is 36.8 Å². The zero-order valence-corrected chi connectivity index (χ0v) is 13.8. The van der Waals surface area contributed by atoms with E-state index in [0.29, 0.717) is 31.9 Å². The van der Waals surface area contributed by atoms with Gasteiger partial charge >= 0.3 is 0 Å². The summed E-state index contributed by atoms with van der Waals surface area (Å²) in [6, 6.07) is 7.82. The lowest BCUT2D eigenvalue weighted by Crippen LogP contribution is -2.49. The van der Waals surface area contributed by atoms with Crippen LogP contribution in [0.5, 0.6) is 0 Å². The maximum Gasteiger partial charge on any atom is 0.224 e. The van der Waals surface area contributed by atoms with Crippen LogP contribution in [-0.2, 0) is 4.79 Å². The summed E-state index contributed by atoms with van der Waals surface area (Å²) < 4.78 is 0. The van der Waals surface area contributed by atoms with Crippen LogP contribution in [0.1, 0.15) is 12.1 Å². The molecule has 0 saturated carbocycles. The number of nitriles is 1. The highest BCUT2D eigenvalue weighted by atomic mass is 16.2. The Morgan fingerprint density at radius 3 is 2.64 bits per heavy atom. The van der Waals surface area contributed by atoms with Crippen molar-refractivity contribution in [3.63, 3.8) is 0 Å². The lowest BCUT2D eigenvalue weighted by Gasteiger charge is -2.35. The van der Waals surface area contributed by atoms with Crippen LogP contribution in [0, 0.1) is 11.3 Å². The highest BCUT2D eigenvalue weighted by molar-refractivity contribution is 5.77. The van der Waals surface area contributed by atoms with E-state index < -0.39 is 0 Å². The van der Waals surface area contributed by atoms with Gasteiger partial charge in [-0.2, -0.15) is 5.26 Å². The van der Waals surface area contributed by atoms with Gasteiger partial charge in [-0.25, -0.2) is 15.0 Å². The zero-order chi connectivity index (χ0) is 17.5. The molecular formula is C17H19N7O. The summed E-state index contributed by atoms with van der Waals surface area (Å²) in [6.45, 7) is 3.35. The van der Waals surface area contributed by atoms with E-state index in [4.69, 9.17) is 5.26 Å². The second-order valence-electron chi connectivity index (χ2n) is 5.60. The zero-order valence-electron chi connectivity index (χ0n) is 13.8. The van der Waals surface area contributed by atoms with Crippen molar-refractivity contribution in [1.82, 2.24) is 19.9 Å². The molecule has 0 unspecified atom stereocenters. The summed E-state index contributed by atoms with van der Waals surface area (Å²) in [5.41, 5.74) is 0.235. The van der Waals surface area contributed by atoms with Gasteiger partial charge in [-0.05, 0) is 12.1 Å². The summed E-state index contributed by atoms with van der Waals surface area (Å²) in [7, 11) is 0. The van der Waals surface area contributed by atoms with E-state index in [1.54, 1.807) is 6.20 Å². The molecule has 1 aliphatic heterocycles. The van der Waals surface area contributed by atoms with E-state index in [1.165, 1.54) is 12.4 Å². The lowest BCUT2D eigenvalue weighted by molar-refractivity contribution is -0.131. The van der Waals surface area contributed by atoms with Gasteiger partial charge in [0.1, 0.15) is 11.9 Å². The number of hydrogen-bond acceptors (Lipinski definition) is 7. The fraction of sp³-hybridized carbons (Fsp3) is 0.353. The quantitative estimate of drug-likeness (QED) is 0.865. The van der Waals surface area contributed by atoms with Gasteiger partial charge in [-0.1, -0.05) is 6.07 Å². The third-order valence-corrected chi connectivity index (χ3v) is 4.04. The van der Waals surface area contributed by atoms with Crippen molar-refractivity contribution in [3.05, 3.63) is 42.5 Å². The van der Waals surface area contributed by atoms with Gasteiger partial charge in [-0.3, -0.25) is 4.79 Å². The van der Waals surface area contributed by atoms with E-state index in [0.717, 1.165) is 18.9 Å². The Morgan fingerprint density at radius 2 is 1.92 bits per heavy atom. The molecule has 25 heavy (non-hydrogen) atoms. The molecule has 3 rings (SSSR count). The number of nitrogens with one attached hydrogen (secondary N) is 1. The molecule has 2 aromatic heterocycles. The van der Waals surface area contributed by atoms with Crippen molar-refractivity contribution in [2.75, 3.05) is 42.9 Å². The van der Waals surface area contributed by atoms with Crippen LogP contribution in [0.4, 0.5) is 11.6 Å². The first kappa shape index (κ1) is 16.6. The molecule has 0 aromatic carbocycles. The first-order valence-electron chi connectivity index (χ1n) is 8.16. The topological polar surface area (TPSA) is 98.0 Å². The molecule has 1 amide bonds. The fourth-order valence-electron chi connectivity index (χ4n) is 2.72. The number of carbonyl (C=O) groups excluding carboxylic acids is 1. The second kappa shape index (κ2) is 8.06. The molecular weight excluding hydrogens is 318 g/mol. The normalized spacial score (nSPS) is 14.0. The fourth-order valence-corrected chi connectivity index (χ4v) is 2.72. The molecule has 0 aliphatic carbocycles. The van der Waals surface area contributed by atoms with E-state index in [9.17, 15) is 4.79 Å². The molecule has 0 radical (unpaired) electrons. The minimum atomic E-state index is 0.0931. The van der Waals surface area contributed by atoms with Gasteiger partial charge < -0.3 is 15.1 Å². The Hall–Kier alpha value is -3.21. The largest absolute Gasteiger partial charge is 0.367 e. The van der Waals surface area contributed by atoms with E-state index in [2.05, 4.69) is 25.2 Å². The summed E-state index contributed by atoms with van der Waals surface area (Å²) in [4.78, 5) is 28.7. The van der Waals surface area contributed by atoms with Gasteiger partial charge in [0.25, 0.3) is 0 Å². The van der Waals surface area contributed by atoms with Crippen LogP contribution in [0.3, 0.4) is 0 Å². The van der Waals surface area contributed by atoms with Crippen molar-refractivity contribution in [2.24, 2.45) is 0 Å². The number of nitrogens with zero attached hydrogens (tertiary/aromatic N) is 6. The molecule has 0 spiro atoms. The van der Waals surface area contributed by atoms with E-state index in [1.807, 2.05) is 29.2 Å². The minimum absolute atomic E-state index is 0.0931. The van der Waals surface area contributed by atoms with Gasteiger partial charge in [0.05, 0.1) is 0 Å². The molecule has 0 atom stereocenters. The Bertz CT molecular complexity index is 751. The third kappa shape index (κ3) is 4.20. The molecule has 8 heteroatoms. The predicted octanol–water partition coefficient (Wildman–Crippen LogP) is 0.894. The van der Waals surface area contributed by atoms with Gasteiger partial charge in [0, 0.05) is 57.7 Å².